The molecular formula is C26H24N2O3. The molecular weight excluding hydrogens is 388 g/mol. The third-order valence-corrected chi connectivity index (χ3v) is 5.25. The minimum Gasteiger partial charge on any atom is -0.505 e. The summed E-state index contributed by atoms with van der Waals surface area (Å²) in [6.07, 6.45) is 1.35. The average Bonchev–Trinajstić information content (AvgIpc) is 3.08. The first-order valence-corrected chi connectivity index (χ1v) is 10.1. The molecule has 31 heavy (non-hydrogen) atoms. The van der Waals surface area contributed by atoms with Crippen molar-refractivity contribution in [1.82, 2.24) is 4.57 Å². The zero-order valence-corrected chi connectivity index (χ0v) is 17.4. The Balaban J connectivity index is 1.68. The molecule has 0 aliphatic heterocycles. The molecule has 4 aromatic rings. The maximum atomic E-state index is 12.9. The maximum Gasteiger partial charge on any atom is 0.264 e. The predicted octanol–water partition coefficient (Wildman–Crippen LogP) is 5.93. The van der Waals surface area contributed by atoms with Crippen molar-refractivity contribution in [2.45, 2.75) is 19.8 Å². The summed E-state index contributed by atoms with van der Waals surface area (Å²) in [6, 6.07) is 24.9. The summed E-state index contributed by atoms with van der Waals surface area (Å²) in [7, 11) is 0. The van der Waals surface area contributed by atoms with Gasteiger partial charge in [-0.2, -0.15) is 0 Å². The lowest BCUT2D eigenvalue weighted by Crippen LogP contribution is -2.13. The minimum atomic E-state index is -0.568. The molecule has 0 bridgehead atoms. The first kappa shape index (κ1) is 20.3. The van der Waals surface area contributed by atoms with E-state index in [4.69, 9.17) is 0 Å². The smallest absolute Gasteiger partial charge is 0.264 e. The Bertz CT molecular complexity index is 1230. The summed E-state index contributed by atoms with van der Waals surface area (Å²) in [5.74, 6) is -0.963. The quantitative estimate of drug-likeness (QED) is 0.380. The van der Waals surface area contributed by atoms with E-state index in [0.717, 1.165) is 16.7 Å². The van der Waals surface area contributed by atoms with Crippen LogP contribution >= 0.6 is 0 Å². The highest BCUT2D eigenvalue weighted by Crippen LogP contribution is 2.34. The van der Waals surface area contributed by atoms with Gasteiger partial charge in [-0.25, -0.2) is 0 Å². The van der Waals surface area contributed by atoms with Crippen molar-refractivity contribution in [3.8, 4) is 28.4 Å². The molecule has 0 saturated carbocycles. The molecule has 1 amide bonds. The number of rotatable bonds is 5. The lowest BCUT2D eigenvalue weighted by molar-refractivity contribution is 0.102. The van der Waals surface area contributed by atoms with Crippen molar-refractivity contribution >= 4 is 11.6 Å². The molecule has 5 nitrogen and oxygen atoms in total. The van der Waals surface area contributed by atoms with E-state index in [1.54, 1.807) is 6.07 Å². The van der Waals surface area contributed by atoms with Crippen molar-refractivity contribution in [2.24, 2.45) is 0 Å². The molecule has 5 heteroatoms. The lowest BCUT2D eigenvalue weighted by atomic mass is 10.0. The minimum absolute atomic E-state index is 0.163. The molecule has 0 aliphatic carbocycles. The summed E-state index contributed by atoms with van der Waals surface area (Å²) in [5.41, 5.74) is 4.09. The number of amides is 1. The van der Waals surface area contributed by atoms with Gasteiger partial charge in [-0.05, 0) is 40.8 Å². The normalized spacial score (nSPS) is 10.9. The molecule has 0 radical (unpaired) electrons. The summed E-state index contributed by atoms with van der Waals surface area (Å²) >= 11 is 0. The molecule has 0 fully saturated rings. The second kappa shape index (κ2) is 8.40. The number of hydrogen-bond acceptors (Lipinski definition) is 3. The van der Waals surface area contributed by atoms with Crippen LogP contribution in [0.2, 0.25) is 0 Å². The van der Waals surface area contributed by atoms with E-state index < -0.39 is 5.91 Å². The van der Waals surface area contributed by atoms with Gasteiger partial charge in [0.1, 0.15) is 11.3 Å². The van der Waals surface area contributed by atoms with Crippen LogP contribution in [0.25, 0.3) is 16.8 Å². The van der Waals surface area contributed by atoms with Gasteiger partial charge in [0.15, 0.2) is 0 Å². The molecule has 0 unspecified atom stereocenters. The fourth-order valence-corrected chi connectivity index (χ4v) is 3.66. The summed E-state index contributed by atoms with van der Waals surface area (Å²) in [4.78, 5) is 12.9. The number of hydrogen-bond donors (Lipinski definition) is 3. The van der Waals surface area contributed by atoms with Crippen LogP contribution in [0.5, 0.6) is 11.6 Å². The van der Waals surface area contributed by atoms with E-state index >= 15 is 0 Å². The Morgan fingerprint density at radius 2 is 1.55 bits per heavy atom. The molecule has 156 valence electrons. The zero-order valence-electron chi connectivity index (χ0n) is 17.4. The number of aromatic nitrogens is 1. The van der Waals surface area contributed by atoms with E-state index in [2.05, 4.69) is 5.32 Å². The Morgan fingerprint density at radius 1 is 0.871 bits per heavy atom. The van der Waals surface area contributed by atoms with Gasteiger partial charge in [0.05, 0.1) is 6.20 Å². The SMILES string of the molecule is CC(C)c1ccccc1NC(=O)c1c(O)cn(-c2cccc(-c3ccccc3)c2)c1O. The van der Waals surface area contributed by atoms with Gasteiger partial charge in [-0.15, -0.1) is 0 Å². The van der Waals surface area contributed by atoms with Crippen LogP contribution in [-0.2, 0) is 0 Å². The molecule has 1 aromatic heterocycles. The van der Waals surface area contributed by atoms with Crippen molar-refractivity contribution in [3.63, 3.8) is 0 Å². The monoisotopic (exact) mass is 412 g/mol. The second-order valence-corrected chi connectivity index (χ2v) is 7.70. The highest BCUT2D eigenvalue weighted by Gasteiger charge is 2.23. The van der Waals surface area contributed by atoms with Gasteiger partial charge in [0.2, 0.25) is 5.88 Å². The summed E-state index contributed by atoms with van der Waals surface area (Å²) in [6.45, 7) is 4.08. The van der Waals surface area contributed by atoms with Crippen LogP contribution in [0.3, 0.4) is 0 Å². The Labute approximate surface area is 181 Å². The molecule has 0 aliphatic rings. The largest absolute Gasteiger partial charge is 0.505 e. The predicted molar refractivity (Wildman–Crippen MR) is 123 cm³/mol. The van der Waals surface area contributed by atoms with E-state index in [-0.39, 0.29) is 23.1 Å². The summed E-state index contributed by atoms with van der Waals surface area (Å²) in [5, 5.41) is 24.1. The Hall–Kier alpha value is -3.99. The van der Waals surface area contributed by atoms with Gasteiger partial charge in [0, 0.05) is 11.4 Å². The maximum absolute atomic E-state index is 12.9. The summed E-state index contributed by atoms with van der Waals surface area (Å²) < 4.78 is 1.41. The third-order valence-electron chi connectivity index (χ3n) is 5.25. The average molecular weight is 412 g/mol. The number of carbonyl (C=O) groups excluding carboxylic acids is 1. The number of nitrogens with zero attached hydrogens (tertiary/aromatic N) is 1. The molecule has 0 saturated heterocycles. The van der Waals surface area contributed by atoms with E-state index in [1.165, 1.54) is 10.8 Å². The van der Waals surface area contributed by atoms with Gasteiger partial charge in [-0.3, -0.25) is 9.36 Å². The first-order chi connectivity index (χ1) is 15.0. The number of benzene rings is 3. The molecule has 0 spiro atoms. The first-order valence-electron chi connectivity index (χ1n) is 10.1. The van der Waals surface area contributed by atoms with E-state index in [1.807, 2.05) is 86.6 Å². The molecule has 1 heterocycles. The van der Waals surface area contributed by atoms with Crippen LogP contribution < -0.4 is 5.32 Å². The third kappa shape index (κ3) is 4.03. The second-order valence-electron chi connectivity index (χ2n) is 7.70. The zero-order chi connectivity index (χ0) is 22.0. The lowest BCUT2D eigenvalue weighted by Gasteiger charge is -2.13. The van der Waals surface area contributed by atoms with Crippen LogP contribution in [0.1, 0.15) is 35.7 Å². The van der Waals surface area contributed by atoms with Crippen molar-refractivity contribution in [2.75, 3.05) is 5.32 Å². The van der Waals surface area contributed by atoms with Crippen LogP contribution in [-0.4, -0.2) is 20.7 Å². The van der Waals surface area contributed by atoms with Crippen LogP contribution in [0.4, 0.5) is 5.69 Å². The number of nitrogens with one attached hydrogen (secondary N) is 1. The topological polar surface area (TPSA) is 74.5 Å². The van der Waals surface area contributed by atoms with Crippen molar-refractivity contribution in [1.29, 1.82) is 0 Å². The molecule has 0 atom stereocenters. The van der Waals surface area contributed by atoms with Gasteiger partial charge >= 0.3 is 0 Å². The van der Waals surface area contributed by atoms with Crippen molar-refractivity contribution < 1.29 is 15.0 Å². The van der Waals surface area contributed by atoms with Gasteiger partial charge < -0.3 is 15.5 Å². The van der Waals surface area contributed by atoms with Crippen LogP contribution in [0, 0.1) is 0 Å². The molecule has 4 rings (SSSR count). The number of carbonyl (C=O) groups is 1. The number of aromatic hydroxyl groups is 2. The highest BCUT2D eigenvalue weighted by atomic mass is 16.3. The standard InChI is InChI=1S/C26H24N2O3/c1-17(2)21-13-6-7-14-22(21)27-25(30)24-23(29)16-28(26(24)31)20-12-8-11-19(15-20)18-9-4-3-5-10-18/h3-17,29,31H,1-2H3,(H,27,30). The van der Waals surface area contributed by atoms with E-state index in [9.17, 15) is 15.0 Å². The highest BCUT2D eigenvalue weighted by molar-refractivity contribution is 6.08. The fraction of sp³-hybridized carbons (Fsp3) is 0.115. The number of para-hydroxylation sites is 1. The Morgan fingerprint density at radius 3 is 2.29 bits per heavy atom. The fourth-order valence-electron chi connectivity index (χ4n) is 3.66. The van der Waals surface area contributed by atoms with Gasteiger partial charge in [0.25, 0.3) is 5.91 Å². The van der Waals surface area contributed by atoms with Gasteiger partial charge in [-0.1, -0.05) is 74.5 Å². The van der Waals surface area contributed by atoms with Crippen molar-refractivity contribution in [3.05, 3.63) is 96.2 Å². The molecule has 3 aromatic carbocycles. The number of anilines is 1. The molecule has 3 N–H and O–H groups in total. The van der Waals surface area contributed by atoms with Crippen LogP contribution in [0.15, 0.2) is 85.1 Å². The Kier molecular flexibility index (Phi) is 5.50. The van der Waals surface area contributed by atoms with E-state index in [0.29, 0.717) is 11.4 Å².